The number of rotatable bonds is 8. The lowest BCUT2D eigenvalue weighted by atomic mass is 10.2. The van der Waals surface area contributed by atoms with E-state index in [1.807, 2.05) is 18.5 Å². The minimum absolute atomic E-state index is 0.187. The third kappa shape index (κ3) is 8.05. The van der Waals surface area contributed by atoms with Crippen LogP contribution in [0.2, 0.25) is 0 Å². The molecule has 9 heteroatoms. The number of nitrogens with one attached hydrogen (secondary N) is 2. The first-order chi connectivity index (χ1) is 13.7. The van der Waals surface area contributed by atoms with E-state index in [9.17, 15) is 13.2 Å². The van der Waals surface area contributed by atoms with E-state index in [1.165, 1.54) is 12.1 Å². The van der Waals surface area contributed by atoms with Crippen molar-refractivity contribution in [3.8, 4) is 5.75 Å². The molecule has 2 aromatic rings. The van der Waals surface area contributed by atoms with Gasteiger partial charge in [-0.1, -0.05) is 19.1 Å². The van der Waals surface area contributed by atoms with E-state index in [0.29, 0.717) is 18.4 Å². The number of hydrogen-bond acceptors (Lipinski definition) is 3. The molecule has 0 aliphatic heterocycles. The summed E-state index contributed by atoms with van der Waals surface area (Å²) in [6, 6.07) is 8.54. The summed E-state index contributed by atoms with van der Waals surface area (Å²) in [4.78, 5) is 4.20. The Kier molecular flexibility index (Phi) is 7.92. The van der Waals surface area contributed by atoms with Gasteiger partial charge in [0.2, 0.25) is 0 Å². The van der Waals surface area contributed by atoms with Gasteiger partial charge >= 0.3 is 6.18 Å². The highest BCUT2D eigenvalue weighted by atomic mass is 19.4. The van der Waals surface area contributed by atoms with Crippen LogP contribution in [0.4, 0.5) is 13.2 Å². The fourth-order valence-electron chi connectivity index (χ4n) is 2.77. The second-order valence-corrected chi connectivity index (χ2v) is 7.07. The Balaban J connectivity index is 1.76. The zero-order chi connectivity index (χ0) is 21.4. The smallest absolute Gasteiger partial charge is 0.422 e. The number of guanidine groups is 1. The lowest BCUT2D eigenvalue weighted by Crippen LogP contribution is -2.39. The molecular weight excluding hydrogens is 383 g/mol. The third-order valence-electron chi connectivity index (χ3n) is 4.22. The molecular formula is C20H28F3N5O. The summed E-state index contributed by atoms with van der Waals surface area (Å²) in [5, 5.41) is 11.0. The molecule has 2 N–H and O–H groups in total. The van der Waals surface area contributed by atoms with Gasteiger partial charge in [-0.15, -0.1) is 0 Å². The summed E-state index contributed by atoms with van der Waals surface area (Å²) < 4.78 is 43.3. The maximum Gasteiger partial charge on any atom is 0.422 e. The number of benzene rings is 1. The van der Waals surface area contributed by atoms with E-state index in [2.05, 4.69) is 33.7 Å². The molecule has 160 valence electrons. The molecule has 1 unspecified atom stereocenters. The molecule has 0 aliphatic carbocycles. The van der Waals surface area contributed by atoms with E-state index in [-0.39, 0.29) is 5.75 Å². The van der Waals surface area contributed by atoms with Crippen LogP contribution >= 0.6 is 0 Å². The van der Waals surface area contributed by atoms with Crippen LogP contribution in [0.5, 0.6) is 5.75 Å². The predicted molar refractivity (Wildman–Crippen MR) is 107 cm³/mol. The number of hydrogen-bond donors (Lipinski definition) is 2. The molecule has 0 amide bonds. The summed E-state index contributed by atoms with van der Waals surface area (Å²) in [6.45, 7) is 6.89. The molecule has 1 atom stereocenters. The van der Waals surface area contributed by atoms with Crippen LogP contribution in [-0.4, -0.2) is 42.1 Å². The van der Waals surface area contributed by atoms with Gasteiger partial charge in [0.1, 0.15) is 5.75 Å². The molecule has 0 saturated heterocycles. The number of alkyl halides is 3. The number of aryl methyl sites for hydroxylation is 2. The second-order valence-electron chi connectivity index (χ2n) is 7.07. The van der Waals surface area contributed by atoms with Crippen molar-refractivity contribution >= 4 is 5.96 Å². The Morgan fingerprint density at radius 2 is 1.90 bits per heavy atom. The summed E-state index contributed by atoms with van der Waals surface area (Å²) >= 11 is 0. The largest absolute Gasteiger partial charge is 0.484 e. The first-order valence-electron chi connectivity index (χ1n) is 9.40. The van der Waals surface area contributed by atoms with Gasteiger partial charge in [0.25, 0.3) is 0 Å². The number of nitrogens with zero attached hydrogens (tertiary/aromatic N) is 3. The van der Waals surface area contributed by atoms with Gasteiger partial charge in [0.05, 0.1) is 5.69 Å². The molecule has 0 radical (unpaired) electrons. The van der Waals surface area contributed by atoms with Crippen molar-refractivity contribution in [1.29, 1.82) is 0 Å². The van der Waals surface area contributed by atoms with E-state index in [0.717, 1.165) is 30.0 Å². The van der Waals surface area contributed by atoms with Gasteiger partial charge in [0, 0.05) is 32.4 Å². The molecule has 0 bridgehead atoms. The summed E-state index contributed by atoms with van der Waals surface area (Å²) in [6.07, 6.45) is -4.34. The lowest BCUT2D eigenvalue weighted by Gasteiger charge is -2.17. The van der Waals surface area contributed by atoms with Crippen LogP contribution < -0.4 is 15.4 Å². The molecule has 29 heavy (non-hydrogen) atoms. The monoisotopic (exact) mass is 411 g/mol. The van der Waals surface area contributed by atoms with Crippen LogP contribution in [0.15, 0.2) is 35.3 Å². The molecule has 2 rings (SSSR count). The van der Waals surface area contributed by atoms with Crippen LogP contribution in [0.3, 0.4) is 0 Å². The summed E-state index contributed by atoms with van der Waals surface area (Å²) in [5.41, 5.74) is 3.05. The second kappa shape index (κ2) is 10.2. The quantitative estimate of drug-likeness (QED) is 0.516. The lowest BCUT2D eigenvalue weighted by molar-refractivity contribution is -0.153. The van der Waals surface area contributed by atoms with Crippen molar-refractivity contribution in [3.05, 3.63) is 47.3 Å². The van der Waals surface area contributed by atoms with Crippen molar-refractivity contribution in [2.24, 2.45) is 10.9 Å². The Morgan fingerprint density at radius 1 is 1.21 bits per heavy atom. The van der Waals surface area contributed by atoms with Crippen LogP contribution in [0, 0.1) is 19.8 Å². The summed E-state index contributed by atoms with van der Waals surface area (Å²) in [5.74, 6) is 1.19. The summed E-state index contributed by atoms with van der Waals surface area (Å²) in [7, 11) is 1.69. The maximum atomic E-state index is 12.2. The Hall–Kier alpha value is -2.71. The van der Waals surface area contributed by atoms with E-state index in [1.54, 1.807) is 19.2 Å². The zero-order valence-electron chi connectivity index (χ0n) is 17.2. The van der Waals surface area contributed by atoms with Gasteiger partial charge < -0.3 is 15.4 Å². The van der Waals surface area contributed by atoms with Crippen molar-refractivity contribution in [2.75, 3.05) is 20.2 Å². The molecule has 0 spiro atoms. The highest BCUT2D eigenvalue weighted by Crippen LogP contribution is 2.18. The Bertz CT molecular complexity index is 799. The Morgan fingerprint density at radius 3 is 2.45 bits per heavy atom. The van der Waals surface area contributed by atoms with Gasteiger partial charge in [0.15, 0.2) is 12.6 Å². The van der Waals surface area contributed by atoms with E-state index in [4.69, 9.17) is 4.74 Å². The maximum absolute atomic E-state index is 12.2. The molecule has 0 aliphatic rings. The van der Waals surface area contributed by atoms with Crippen LogP contribution in [-0.2, 0) is 13.1 Å². The zero-order valence-corrected chi connectivity index (χ0v) is 17.2. The standard InChI is InChI=1S/C20H28F3N5O/c1-14(12-28-16(3)9-15(2)27-28)10-25-19(24-4)26-11-17-5-7-18(8-6-17)29-13-20(21,22)23/h5-9,14H,10-13H2,1-4H3,(H2,24,25,26). The average Bonchev–Trinajstić information content (AvgIpc) is 2.97. The van der Waals surface area contributed by atoms with Crippen molar-refractivity contribution in [3.63, 3.8) is 0 Å². The van der Waals surface area contributed by atoms with Crippen LogP contribution in [0.1, 0.15) is 23.9 Å². The predicted octanol–water partition coefficient (Wildman–Crippen LogP) is 3.44. The Labute approximate surface area is 169 Å². The molecule has 0 fully saturated rings. The molecule has 6 nitrogen and oxygen atoms in total. The minimum Gasteiger partial charge on any atom is -0.484 e. The van der Waals surface area contributed by atoms with E-state index >= 15 is 0 Å². The van der Waals surface area contributed by atoms with Gasteiger partial charge in [-0.2, -0.15) is 18.3 Å². The fraction of sp³-hybridized carbons (Fsp3) is 0.500. The van der Waals surface area contributed by atoms with Crippen molar-refractivity contribution in [2.45, 2.75) is 40.0 Å². The fourth-order valence-corrected chi connectivity index (χ4v) is 2.77. The first kappa shape index (κ1) is 22.6. The number of halogens is 3. The molecule has 1 aromatic heterocycles. The average molecular weight is 411 g/mol. The number of aliphatic imine (C=N–C) groups is 1. The molecule has 0 saturated carbocycles. The third-order valence-corrected chi connectivity index (χ3v) is 4.22. The minimum atomic E-state index is -4.34. The SMILES string of the molecule is CN=C(NCc1ccc(OCC(F)(F)F)cc1)NCC(C)Cn1nc(C)cc1C. The highest BCUT2D eigenvalue weighted by Gasteiger charge is 2.28. The van der Waals surface area contributed by atoms with Crippen LogP contribution in [0.25, 0.3) is 0 Å². The van der Waals surface area contributed by atoms with E-state index < -0.39 is 12.8 Å². The first-order valence-corrected chi connectivity index (χ1v) is 9.40. The molecule has 1 aromatic carbocycles. The molecule has 1 heterocycles. The number of ether oxygens (including phenoxy) is 1. The normalized spacial score (nSPS) is 13.3. The van der Waals surface area contributed by atoms with Gasteiger partial charge in [-0.05, 0) is 43.5 Å². The topological polar surface area (TPSA) is 63.5 Å². The van der Waals surface area contributed by atoms with Gasteiger partial charge in [-0.25, -0.2) is 0 Å². The highest BCUT2D eigenvalue weighted by molar-refractivity contribution is 5.79. The van der Waals surface area contributed by atoms with Crippen molar-refractivity contribution in [1.82, 2.24) is 20.4 Å². The van der Waals surface area contributed by atoms with Gasteiger partial charge in [-0.3, -0.25) is 9.67 Å². The number of aromatic nitrogens is 2. The van der Waals surface area contributed by atoms with Crippen molar-refractivity contribution < 1.29 is 17.9 Å².